The van der Waals surface area contributed by atoms with Crippen molar-refractivity contribution in [3.8, 4) is 0 Å². The summed E-state index contributed by atoms with van der Waals surface area (Å²) in [6, 6.07) is 8.81. The number of hydrogen-bond donors (Lipinski definition) is 1. The van der Waals surface area contributed by atoms with E-state index in [1.807, 2.05) is 0 Å². The Morgan fingerprint density at radius 1 is 1.37 bits per heavy atom. The van der Waals surface area contributed by atoms with Crippen molar-refractivity contribution in [1.82, 2.24) is 5.32 Å². The highest BCUT2D eigenvalue weighted by Crippen LogP contribution is 2.34. The predicted octanol–water partition coefficient (Wildman–Crippen LogP) is 4.30. The van der Waals surface area contributed by atoms with Gasteiger partial charge in [-0.1, -0.05) is 41.9 Å². The molecule has 1 aliphatic rings. The van der Waals surface area contributed by atoms with Crippen molar-refractivity contribution >= 4 is 15.9 Å². The van der Waals surface area contributed by atoms with Gasteiger partial charge in [0.2, 0.25) is 0 Å². The van der Waals surface area contributed by atoms with Crippen LogP contribution in [0.25, 0.3) is 0 Å². The van der Waals surface area contributed by atoms with Gasteiger partial charge in [-0.15, -0.1) is 0 Å². The average molecular weight is 326 g/mol. The van der Waals surface area contributed by atoms with E-state index in [1.54, 1.807) is 0 Å². The van der Waals surface area contributed by atoms with E-state index < -0.39 is 0 Å². The molecule has 2 rings (SSSR count). The van der Waals surface area contributed by atoms with Crippen LogP contribution < -0.4 is 5.32 Å². The lowest BCUT2D eigenvalue weighted by Gasteiger charge is -2.44. The van der Waals surface area contributed by atoms with E-state index in [2.05, 4.69) is 73.2 Å². The zero-order valence-electron chi connectivity index (χ0n) is 12.2. The van der Waals surface area contributed by atoms with Gasteiger partial charge in [0, 0.05) is 17.1 Å². The van der Waals surface area contributed by atoms with E-state index in [0.717, 1.165) is 17.4 Å². The maximum atomic E-state index is 6.45. The molecule has 3 unspecified atom stereocenters. The number of benzene rings is 1. The zero-order chi connectivity index (χ0) is 14.0. The SMILES string of the molecule is CC(C)CC1(C)CNC(C)C(c2ccc(Br)cc2)O1. The van der Waals surface area contributed by atoms with Crippen molar-refractivity contribution in [2.45, 2.75) is 51.9 Å². The Hall–Kier alpha value is -0.380. The maximum Gasteiger partial charge on any atom is 0.0983 e. The van der Waals surface area contributed by atoms with Gasteiger partial charge in [-0.25, -0.2) is 0 Å². The summed E-state index contributed by atoms with van der Waals surface area (Å²) >= 11 is 3.48. The van der Waals surface area contributed by atoms with Crippen molar-refractivity contribution in [3.05, 3.63) is 34.3 Å². The van der Waals surface area contributed by atoms with Gasteiger partial charge < -0.3 is 10.1 Å². The van der Waals surface area contributed by atoms with E-state index >= 15 is 0 Å². The molecule has 106 valence electrons. The summed E-state index contributed by atoms with van der Waals surface area (Å²) < 4.78 is 7.55. The Kier molecular flexibility index (Phi) is 4.70. The quantitative estimate of drug-likeness (QED) is 0.894. The van der Waals surface area contributed by atoms with Crippen LogP contribution in [-0.4, -0.2) is 18.2 Å². The lowest BCUT2D eigenvalue weighted by Crippen LogP contribution is -2.53. The van der Waals surface area contributed by atoms with Gasteiger partial charge in [0.25, 0.3) is 0 Å². The van der Waals surface area contributed by atoms with Crippen LogP contribution in [-0.2, 0) is 4.74 Å². The highest BCUT2D eigenvalue weighted by molar-refractivity contribution is 9.10. The van der Waals surface area contributed by atoms with Crippen LogP contribution in [0, 0.1) is 5.92 Å². The summed E-state index contributed by atoms with van der Waals surface area (Å²) in [5.74, 6) is 0.644. The predicted molar refractivity (Wildman–Crippen MR) is 83.3 cm³/mol. The Morgan fingerprint density at radius 2 is 2.00 bits per heavy atom. The molecule has 0 bridgehead atoms. The number of halogens is 1. The maximum absolute atomic E-state index is 6.45. The molecule has 3 heteroatoms. The van der Waals surface area contributed by atoms with Crippen LogP contribution in [0.5, 0.6) is 0 Å². The number of rotatable bonds is 3. The summed E-state index contributed by atoms with van der Waals surface area (Å²) in [7, 11) is 0. The zero-order valence-corrected chi connectivity index (χ0v) is 13.8. The van der Waals surface area contributed by atoms with E-state index in [-0.39, 0.29) is 11.7 Å². The molecule has 1 N–H and O–H groups in total. The van der Waals surface area contributed by atoms with Crippen LogP contribution >= 0.6 is 15.9 Å². The highest BCUT2D eigenvalue weighted by Gasteiger charge is 2.37. The third-order valence-corrected chi connectivity index (χ3v) is 4.23. The van der Waals surface area contributed by atoms with Crippen LogP contribution in [0.1, 0.15) is 45.8 Å². The highest BCUT2D eigenvalue weighted by atomic mass is 79.9. The average Bonchev–Trinajstić information content (AvgIpc) is 2.33. The van der Waals surface area contributed by atoms with Gasteiger partial charge in [-0.3, -0.25) is 0 Å². The minimum atomic E-state index is -0.0710. The molecule has 0 radical (unpaired) electrons. The number of hydrogen-bond acceptors (Lipinski definition) is 2. The Morgan fingerprint density at radius 3 is 2.58 bits per heavy atom. The van der Waals surface area contributed by atoms with Gasteiger partial charge in [0.15, 0.2) is 0 Å². The first kappa shape index (κ1) is 15.0. The smallest absolute Gasteiger partial charge is 0.0983 e. The second-order valence-corrected chi connectivity index (χ2v) is 7.22. The van der Waals surface area contributed by atoms with E-state index in [4.69, 9.17) is 4.74 Å². The minimum Gasteiger partial charge on any atom is -0.364 e. The van der Waals surface area contributed by atoms with E-state index in [0.29, 0.717) is 12.0 Å². The summed E-state index contributed by atoms with van der Waals surface area (Å²) in [4.78, 5) is 0. The number of morpholine rings is 1. The Bertz CT molecular complexity index is 417. The fourth-order valence-corrected chi connectivity index (χ4v) is 3.19. The van der Waals surface area contributed by atoms with Crippen LogP contribution in [0.3, 0.4) is 0 Å². The first-order valence-electron chi connectivity index (χ1n) is 7.06. The molecular weight excluding hydrogens is 302 g/mol. The van der Waals surface area contributed by atoms with Crippen molar-refractivity contribution in [2.75, 3.05) is 6.54 Å². The number of ether oxygens (including phenoxy) is 1. The molecule has 0 aliphatic carbocycles. The van der Waals surface area contributed by atoms with Gasteiger partial charge in [0.05, 0.1) is 11.7 Å². The second kappa shape index (κ2) is 5.94. The molecule has 0 amide bonds. The summed E-state index contributed by atoms with van der Waals surface area (Å²) in [6.45, 7) is 9.85. The van der Waals surface area contributed by atoms with E-state index in [1.165, 1.54) is 5.56 Å². The van der Waals surface area contributed by atoms with Crippen molar-refractivity contribution in [2.24, 2.45) is 5.92 Å². The number of nitrogens with one attached hydrogen (secondary N) is 1. The molecule has 0 aromatic heterocycles. The van der Waals surface area contributed by atoms with Gasteiger partial charge in [-0.05, 0) is 43.9 Å². The molecule has 1 aromatic rings. The van der Waals surface area contributed by atoms with Crippen molar-refractivity contribution < 1.29 is 4.74 Å². The fraction of sp³-hybridized carbons (Fsp3) is 0.625. The monoisotopic (exact) mass is 325 g/mol. The second-order valence-electron chi connectivity index (χ2n) is 6.31. The Labute approximate surface area is 125 Å². The standard InChI is InChI=1S/C16H24BrNO/c1-11(2)9-16(4)10-18-12(3)15(19-16)13-5-7-14(17)8-6-13/h5-8,11-12,15,18H,9-10H2,1-4H3. The van der Waals surface area contributed by atoms with Crippen molar-refractivity contribution in [3.63, 3.8) is 0 Å². The molecule has 3 atom stereocenters. The molecule has 0 spiro atoms. The van der Waals surface area contributed by atoms with Crippen LogP contribution in [0.2, 0.25) is 0 Å². The first-order chi connectivity index (χ1) is 8.89. The minimum absolute atomic E-state index is 0.0710. The molecule has 1 aromatic carbocycles. The normalized spacial score (nSPS) is 31.7. The Balaban J connectivity index is 2.16. The van der Waals surface area contributed by atoms with Gasteiger partial charge >= 0.3 is 0 Å². The largest absolute Gasteiger partial charge is 0.364 e. The third-order valence-electron chi connectivity index (χ3n) is 3.70. The fourth-order valence-electron chi connectivity index (χ4n) is 2.93. The van der Waals surface area contributed by atoms with Gasteiger partial charge in [-0.2, -0.15) is 0 Å². The van der Waals surface area contributed by atoms with E-state index in [9.17, 15) is 0 Å². The van der Waals surface area contributed by atoms with Crippen LogP contribution in [0.4, 0.5) is 0 Å². The third kappa shape index (κ3) is 3.80. The lowest BCUT2D eigenvalue weighted by molar-refractivity contribution is -0.133. The van der Waals surface area contributed by atoms with Crippen LogP contribution in [0.15, 0.2) is 28.7 Å². The summed E-state index contributed by atoms with van der Waals surface area (Å²) in [5, 5.41) is 3.60. The molecule has 1 heterocycles. The molecular formula is C16H24BrNO. The summed E-state index contributed by atoms with van der Waals surface area (Å²) in [5.41, 5.74) is 1.18. The van der Waals surface area contributed by atoms with Gasteiger partial charge in [0.1, 0.15) is 0 Å². The molecule has 19 heavy (non-hydrogen) atoms. The molecule has 1 aliphatic heterocycles. The molecule has 1 saturated heterocycles. The van der Waals surface area contributed by atoms with Crippen molar-refractivity contribution in [1.29, 1.82) is 0 Å². The first-order valence-corrected chi connectivity index (χ1v) is 7.85. The molecule has 1 fully saturated rings. The molecule has 2 nitrogen and oxygen atoms in total. The molecule has 0 saturated carbocycles. The lowest BCUT2D eigenvalue weighted by atomic mass is 9.90. The summed E-state index contributed by atoms with van der Waals surface area (Å²) in [6.07, 6.45) is 1.21. The topological polar surface area (TPSA) is 21.3 Å².